The van der Waals surface area contributed by atoms with E-state index in [1.807, 2.05) is 6.92 Å². The summed E-state index contributed by atoms with van der Waals surface area (Å²) in [5.74, 6) is 0. The largest absolute Gasteiger partial charge is 0.301 e. The summed E-state index contributed by atoms with van der Waals surface area (Å²) in [6, 6.07) is 3.98. The molecule has 0 aliphatic rings. The fourth-order valence-corrected chi connectivity index (χ4v) is 1.53. The van der Waals surface area contributed by atoms with Gasteiger partial charge in [-0.1, -0.05) is 13.0 Å². The molecule has 13 heavy (non-hydrogen) atoms. The molecular weight excluding hydrogens is 190 g/mol. The van der Waals surface area contributed by atoms with Gasteiger partial charge in [-0.2, -0.15) is 8.42 Å². The van der Waals surface area contributed by atoms with Gasteiger partial charge >= 0.3 is 0 Å². The molecule has 0 amide bonds. The standard InChI is InChI=1S/C8H10NO3S/c1-2-6-3-4-7(5-8(6)9)13(10,11)12/h3-5,9H,2H2,1H3,(H,10,11,12). The van der Waals surface area contributed by atoms with Crippen LogP contribution in [-0.4, -0.2) is 13.0 Å². The van der Waals surface area contributed by atoms with E-state index in [1.165, 1.54) is 12.1 Å². The van der Waals surface area contributed by atoms with Crippen molar-refractivity contribution in [2.75, 3.05) is 0 Å². The van der Waals surface area contributed by atoms with Crippen LogP contribution in [0.15, 0.2) is 23.1 Å². The van der Waals surface area contributed by atoms with Crippen LogP contribution in [0, 0.1) is 0 Å². The molecule has 0 saturated heterocycles. The Morgan fingerprint density at radius 1 is 1.46 bits per heavy atom. The minimum absolute atomic E-state index is 0.137. The number of nitrogens with one attached hydrogen (secondary N) is 1. The Morgan fingerprint density at radius 2 is 2.08 bits per heavy atom. The van der Waals surface area contributed by atoms with E-state index in [9.17, 15) is 8.42 Å². The minimum atomic E-state index is -4.17. The monoisotopic (exact) mass is 200 g/mol. The van der Waals surface area contributed by atoms with Crippen molar-refractivity contribution in [1.29, 1.82) is 0 Å². The van der Waals surface area contributed by atoms with Crippen molar-refractivity contribution in [1.82, 2.24) is 5.73 Å². The van der Waals surface area contributed by atoms with E-state index >= 15 is 0 Å². The highest BCUT2D eigenvalue weighted by atomic mass is 32.2. The molecule has 0 unspecified atom stereocenters. The summed E-state index contributed by atoms with van der Waals surface area (Å²) in [5.41, 5.74) is 8.31. The topological polar surface area (TPSA) is 78.2 Å². The Morgan fingerprint density at radius 3 is 2.46 bits per heavy atom. The summed E-state index contributed by atoms with van der Waals surface area (Å²) in [6.07, 6.45) is 0.671. The third kappa shape index (κ3) is 2.19. The Kier molecular flexibility index (Phi) is 2.58. The SMILES string of the molecule is CCc1ccc(S(=O)(=O)O)cc1[NH]. The Hall–Kier alpha value is -1.07. The van der Waals surface area contributed by atoms with Crippen molar-refractivity contribution >= 4 is 15.8 Å². The molecule has 0 atom stereocenters. The van der Waals surface area contributed by atoms with Crippen LogP contribution in [0.2, 0.25) is 0 Å². The van der Waals surface area contributed by atoms with Crippen LogP contribution in [0.1, 0.15) is 12.5 Å². The van der Waals surface area contributed by atoms with Gasteiger partial charge in [0, 0.05) is 0 Å². The first-order chi connectivity index (χ1) is 5.95. The van der Waals surface area contributed by atoms with E-state index in [0.717, 1.165) is 11.6 Å². The second-order valence-corrected chi connectivity index (χ2v) is 4.07. The molecule has 1 rings (SSSR count). The molecule has 1 radical (unpaired) electrons. The zero-order chi connectivity index (χ0) is 10.1. The second kappa shape index (κ2) is 3.35. The normalized spacial score (nSPS) is 11.5. The van der Waals surface area contributed by atoms with E-state index in [-0.39, 0.29) is 10.6 Å². The van der Waals surface area contributed by atoms with E-state index in [1.54, 1.807) is 0 Å². The molecule has 0 saturated carbocycles. The van der Waals surface area contributed by atoms with Crippen molar-refractivity contribution in [3.63, 3.8) is 0 Å². The molecule has 0 aliphatic carbocycles. The first kappa shape index (κ1) is 10.0. The summed E-state index contributed by atoms with van der Waals surface area (Å²) in [7, 11) is -4.17. The van der Waals surface area contributed by atoms with Gasteiger partial charge in [-0.15, -0.1) is 0 Å². The van der Waals surface area contributed by atoms with E-state index < -0.39 is 10.1 Å². The number of hydrogen-bond acceptors (Lipinski definition) is 2. The van der Waals surface area contributed by atoms with E-state index in [2.05, 4.69) is 0 Å². The van der Waals surface area contributed by atoms with Crippen LogP contribution in [0.5, 0.6) is 0 Å². The molecule has 2 N–H and O–H groups in total. The second-order valence-electron chi connectivity index (χ2n) is 2.65. The predicted molar refractivity (Wildman–Crippen MR) is 48.4 cm³/mol. The van der Waals surface area contributed by atoms with Crippen molar-refractivity contribution < 1.29 is 13.0 Å². The molecule has 4 nitrogen and oxygen atoms in total. The molecule has 0 spiro atoms. The van der Waals surface area contributed by atoms with Gasteiger partial charge in [0.2, 0.25) is 0 Å². The summed E-state index contributed by atoms with van der Waals surface area (Å²) in [4.78, 5) is -0.227. The summed E-state index contributed by atoms with van der Waals surface area (Å²) >= 11 is 0. The molecule has 1 aromatic carbocycles. The predicted octanol–water partition coefficient (Wildman–Crippen LogP) is 1.41. The third-order valence-electron chi connectivity index (χ3n) is 1.76. The van der Waals surface area contributed by atoms with Gasteiger partial charge in [-0.3, -0.25) is 4.55 Å². The van der Waals surface area contributed by atoms with Gasteiger partial charge in [0.25, 0.3) is 10.1 Å². The quantitative estimate of drug-likeness (QED) is 0.733. The lowest BCUT2D eigenvalue weighted by Crippen LogP contribution is -1.98. The molecule has 0 heterocycles. The Bertz CT molecular complexity index is 411. The zero-order valence-corrected chi connectivity index (χ0v) is 7.93. The lowest BCUT2D eigenvalue weighted by atomic mass is 10.1. The molecule has 0 aliphatic heterocycles. The van der Waals surface area contributed by atoms with Gasteiger partial charge in [0.1, 0.15) is 0 Å². The van der Waals surface area contributed by atoms with Gasteiger partial charge in [0.15, 0.2) is 0 Å². The van der Waals surface area contributed by atoms with Crippen LogP contribution < -0.4 is 5.73 Å². The van der Waals surface area contributed by atoms with Crippen LogP contribution in [-0.2, 0) is 16.5 Å². The molecular formula is C8H10NO3S. The first-order valence-corrected chi connectivity index (χ1v) is 5.21. The fourth-order valence-electron chi connectivity index (χ4n) is 1.02. The lowest BCUT2D eigenvalue weighted by Gasteiger charge is -2.02. The zero-order valence-electron chi connectivity index (χ0n) is 7.11. The molecule has 0 fully saturated rings. The number of aryl methyl sites for hydroxylation is 1. The third-order valence-corrected chi connectivity index (χ3v) is 2.61. The highest BCUT2D eigenvalue weighted by Crippen LogP contribution is 2.19. The van der Waals surface area contributed by atoms with Crippen molar-refractivity contribution in [3.05, 3.63) is 23.8 Å². The van der Waals surface area contributed by atoms with Crippen LogP contribution in [0.3, 0.4) is 0 Å². The molecule has 0 bridgehead atoms. The lowest BCUT2D eigenvalue weighted by molar-refractivity contribution is 0.483. The number of rotatable bonds is 2. The Balaban J connectivity index is 3.26. The summed E-state index contributed by atoms with van der Waals surface area (Å²) in [5, 5.41) is 0. The van der Waals surface area contributed by atoms with Crippen molar-refractivity contribution in [2.24, 2.45) is 0 Å². The van der Waals surface area contributed by atoms with Gasteiger partial charge in [-0.05, 0) is 24.1 Å². The highest BCUT2D eigenvalue weighted by molar-refractivity contribution is 7.85. The van der Waals surface area contributed by atoms with Crippen molar-refractivity contribution in [2.45, 2.75) is 18.2 Å². The molecule has 71 valence electrons. The smallest absolute Gasteiger partial charge is 0.294 e. The van der Waals surface area contributed by atoms with Gasteiger partial charge in [0.05, 0.1) is 10.6 Å². The van der Waals surface area contributed by atoms with Crippen molar-refractivity contribution in [3.8, 4) is 0 Å². The maximum Gasteiger partial charge on any atom is 0.294 e. The Labute approximate surface area is 77.1 Å². The average molecular weight is 200 g/mol. The summed E-state index contributed by atoms with van der Waals surface area (Å²) < 4.78 is 30.0. The summed E-state index contributed by atoms with van der Waals surface area (Å²) in [6.45, 7) is 1.88. The van der Waals surface area contributed by atoms with Gasteiger partial charge in [-0.25, -0.2) is 0 Å². The van der Waals surface area contributed by atoms with E-state index in [0.29, 0.717) is 6.42 Å². The minimum Gasteiger partial charge on any atom is -0.301 e. The first-order valence-electron chi connectivity index (χ1n) is 3.77. The molecule has 5 heteroatoms. The maximum atomic E-state index is 10.7. The van der Waals surface area contributed by atoms with Crippen LogP contribution in [0.25, 0.3) is 0 Å². The number of hydrogen-bond donors (Lipinski definition) is 1. The van der Waals surface area contributed by atoms with Crippen LogP contribution in [0.4, 0.5) is 5.69 Å². The molecule has 1 aromatic rings. The van der Waals surface area contributed by atoms with E-state index in [4.69, 9.17) is 10.3 Å². The number of benzene rings is 1. The molecule has 0 aromatic heterocycles. The average Bonchev–Trinajstić information content (AvgIpc) is 2.02. The maximum absolute atomic E-state index is 10.7. The van der Waals surface area contributed by atoms with Gasteiger partial charge < -0.3 is 5.73 Å². The highest BCUT2D eigenvalue weighted by Gasteiger charge is 2.10. The fraction of sp³-hybridized carbons (Fsp3) is 0.250. The van der Waals surface area contributed by atoms with Crippen LogP contribution >= 0.6 is 0 Å².